The number of ether oxygens (including phenoxy) is 4. The molecule has 91 heavy (non-hydrogen) atoms. The Labute approximate surface area is 549 Å². The number of halogens is 3. The van der Waals surface area contributed by atoms with Gasteiger partial charge in [0.1, 0.15) is 47.4 Å². The van der Waals surface area contributed by atoms with Crippen molar-refractivity contribution >= 4 is 89.2 Å². The summed E-state index contributed by atoms with van der Waals surface area (Å²) >= 11 is 6.14. The number of rotatable bonds is 15. The molecule has 0 aliphatic rings. The second kappa shape index (κ2) is 41.4. The van der Waals surface area contributed by atoms with Crippen molar-refractivity contribution in [1.82, 2.24) is 90.8 Å². The van der Waals surface area contributed by atoms with Crippen LogP contribution in [0.3, 0.4) is 0 Å². The third-order valence-corrected chi connectivity index (χ3v) is 10.9. The molecule has 0 unspecified atom stereocenters. The minimum absolute atomic E-state index is 0. The second-order valence-corrected chi connectivity index (χ2v) is 22.6. The predicted molar refractivity (Wildman–Crippen MR) is 344 cm³/mol. The number of carbonyl (C=O) groups is 7. The standard InChI is InChI=1S/C14H19N5O2.C14H13N5OS.C9H11N5.C8H17N3O3.C8H15NO4.C3H5ClO2.2ClH/c1-14(2,3)21-13(20)19(4)9-11-16-12(18-17-11)10-5-7-15-8-6-10;1-19(14(20)11-3-2-8-21-11)9-12-16-13(18-17-12)10-4-6-15-7-5-10;1-10-6-8-12-9(14-13-8)7-2-4-11-5-3-7;1-8(2,3)14-7(13)11(4)5-6(12)10-9;1-8(2,3)13-7(12)9(4)5-6(10)11;1-2-6-3(4)5;;/h5-8H,9H2,1-4H3,(H,16,17,18);2-8H,9H2,1H3,(H,16,17,18);2-5,10H,6H2,1H3,(H,12,13,14);5,9H2,1-4H3,(H,10,12);5H2,1-4H3,(H,10,11);2H2,1H3;2*1H. The fourth-order valence-electron chi connectivity index (χ4n) is 6.06. The van der Waals surface area contributed by atoms with Crippen LogP contribution in [-0.4, -0.2) is 198 Å². The molecule has 0 atom stereocenters. The number of thiophene rings is 1. The number of aliphatic carboxylic acids is 1. The number of likely N-dealkylation sites (N-methyl/N-ethyl adjacent to an activating group) is 2. The molecule has 0 bridgehead atoms. The molecule has 7 aromatic rings. The van der Waals surface area contributed by atoms with Gasteiger partial charge in [-0.1, -0.05) is 6.07 Å². The van der Waals surface area contributed by atoms with Crippen LogP contribution in [-0.2, 0) is 48.2 Å². The molecule has 0 radical (unpaired) electrons. The number of aromatic amines is 3. The molecular formula is C56H82Cl3N19O12S. The summed E-state index contributed by atoms with van der Waals surface area (Å²) in [5, 5.41) is 34.2. The molecule has 500 valence electrons. The number of pyridine rings is 3. The van der Waals surface area contributed by atoms with E-state index in [-0.39, 0.29) is 43.8 Å². The molecule has 8 N–H and O–H groups in total. The van der Waals surface area contributed by atoms with Gasteiger partial charge >= 0.3 is 29.7 Å². The molecule has 0 aliphatic heterocycles. The van der Waals surface area contributed by atoms with Crippen LogP contribution in [0.1, 0.15) is 96.4 Å². The number of amides is 5. The largest absolute Gasteiger partial charge is 0.480 e. The average molecular weight is 1350 g/mol. The predicted octanol–water partition coefficient (Wildman–Crippen LogP) is 8.03. The van der Waals surface area contributed by atoms with Gasteiger partial charge in [0, 0.05) is 93.7 Å². The van der Waals surface area contributed by atoms with Crippen LogP contribution in [0.5, 0.6) is 0 Å². The summed E-state index contributed by atoms with van der Waals surface area (Å²) < 4.78 is 19.4. The molecule has 0 saturated heterocycles. The molecule has 7 heterocycles. The maximum atomic E-state index is 12.2. The van der Waals surface area contributed by atoms with Crippen LogP contribution in [0.4, 0.5) is 19.2 Å². The Balaban J connectivity index is 0.00000110. The lowest BCUT2D eigenvalue weighted by molar-refractivity contribution is -0.138. The van der Waals surface area contributed by atoms with Gasteiger partial charge in [-0.3, -0.25) is 50.1 Å². The first-order chi connectivity index (χ1) is 41.7. The number of nitrogens with zero attached hydrogens (tertiary/aromatic N) is 13. The van der Waals surface area contributed by atoms with Crippen LogP contribution in [0, 0.1) is 0 Å². The summed E-state index contributed by atoms with van der Waals surface area (Å²) in [7, 11) is 8.11. The van der Waals surface area contributed by atoms with Crippen LogP contribution >= 0.6 is 47.8 Å². The Hall–Kier alpha value is -8.95. The average Bonchev–Trinajstić information content (AvgIpc) is 3.83. The number of hydrazine groups is 1. The first-order valence-electron chi connectivity index (χ1n) is 27.0. The van der Waals surface area contributed by atoms with Gasteiger partial charge in [0.15, 0.2) is 17.5 Å². The zero-order valence-corrected chi connectivity index (χ0v) is 56.5. The third kappa shape index (κ3) is 35.1. The van der Waals surface area contributed by atoms with E-state index in [0.29, 0.717) is 60.2 Å². The minimum Gasteiger partial charge on any atom is -0.480 e. The van der Waals surface area contributed by atoms with E-state index in [1.807, 2.05) is 87.2 Å². The molecule has 0 aromatic carbocycles. The van der Waals surface area contributed by atoms with Crippen molar-refractivity contribution in [2.24, 2.45) is 5.84 Å². The zero-order valence-electron chi connectivity index (χ0n) is 53.3. The van der Waals surface area contributed by atoms with Crippen LogP contribution in [0.25, 0.3) is 34.2 Å². The zero-order chi connectivity index (χ0) is 66.9. The summed E-state index contributed by atoms with van der Waals surface area (Å²) in [5.41, 5.74) is 2.24. The topological polar surface area (TPSA) is 403 Å². The summed E-state index contributed by atoms with van der Waals surface area (Å²) in [6.07, 6.45) is 8.61. The number of nitrogens with two attached hydrogens (primary N) is 1. The smallest absolute Gasteiger partial charge is 0.410 e. The number of H-pyrrole nitrogens is 3. The van der Waals surface area contributed by atoms with E-state index in [0.717, 1.165) is 32.3 Å². The lowest BCUT2D eigenvalue weighted by atomic mass is 10.2. The SMILES string of the molecule is CCOC(=O)Cl.CN(CC(=O)NN)C(=O)OC(C)(C)C.CN(CC(=O)O)C(=O)OC(C)(C)C.CN(Cc1nc(-c2ccncc2)n[nH]1)C(=O)OC(C)(C)C.CN(Cc1nc(-c2ccncc2)n[nH]1)C(=O)c1cccs1.CNCc1nc(-c2ccncc2)n[nH]1.Cl.Cl. The van der Waals surface area contributed by atoms with Crippen molar-refractivity contribution < 1.29 is 57.6 Å². The fraction of sp³-hybridized carbons (Fsp3) is 0.429. The lowest BCUT2D eigenvalue weighted by Gasteiger charge is -2.24. The van der Waals surface area contributed by atoms with Gasteiger partial charge in [0.2, 0.25) is 0 Å². The first-order valence-corrected chi connectivity index (χ1v) is 28.2. The maximum absolute atomic E-state index is 12.2. The third-order valence-electron chi connectivity index (χ3n) is 9.90. The number of hydrogen-bond acceptors (Lipinski definition) is 23. The molecule has 0 aliphatic carbocycles. The number of aromatic nitrogens is 12. The van der Waals surface area contributed by atoms with Gasteiger partial charge in [0.05, 0.1) is 31.1 Å². The quantitative estimate of drug-likeness (QED) is 0.0168. The van der Waals surface area contributed by atoms with E-state index in [9.17, 15) is 33.6 Å². The molecule has 7 rings (SSSR count). The van der Waals surface area contributed by atoms with Crippen molar-refractivity contribution in [1.29, 1.82) is 0 Å². The molecule has 35 heteroatoms. The Kier molecular flexibility index (Phi) is 37.3. The normalized spacial score (nSPS) is 10.3. The summed E-state index contributed by atoms with van der Waals surface area (Å²) in [6, 6.07) is 14.8. The Morgan fingerprint density at radius 3 is 1.26 bits per heavy atom. The highest BCUT2D eigenvalue weighted by Crippen LogP contribution is 2.18. The molecule has 7 aromatic heterocycles. The highest BCUT2D eigenvalue weighted by molar-refractivity contribution is 7.12. The number of carboxylic acids is 1. The highest BCUT2D eigenvalue weighted by Gasteiger charge is 2.23. The molecule has 0 fully saturated rings. The molecule has 5 amide bonds. The van der Waals surface area contributed by atoms with Gasteiger partial charge in [-0.05, 0) is 124 Å². The molecule has 0 spiro atoms. The van der Waals surface area contributed by atoms with E-state index >= 15 is 0 Å². The number of carboxylic acid groups (broad SMARTS) is 1. The van der Waals surface area contributed by atoms with Crippen molar-refractivity contribution in [2.45, 2.75) is 106 Å². The van der Waals surface area contributed by atoms with E-state index in [2.05, 4.69) is 70.5 Å². The molecule has 0 saturated carbocycles. The molecule has 31 nitrogen and oxygen atoms in total. The van der Waals surface area contributed by atoms with Gasteiger partial charge in [-0.25, -0.2) is 40.0 Å². The van der Waals surface area contributed by atoms with Crippen molar-refractivity contribution in [3.8, 4) is 34.2 Å². The van der Waals surface area contributed by atoms with Crippen LogP contribution in [0.15, 0.2) is 91.1 Å². The summed E-state index contributed by atoms with van der Waals surface area (Å²) in [4.78, 5) is 108. The van der Waals surface area contributed by atoms with E-state index < -0.39 is 52.4 Å². The maximum Gasteiger partial charge on any atom is 0.410 e. The number of carbonyl (C=O) groups excluding carboxylic acids is 6. The number of hydrogen-bond donors (Lipinski definition) is 7. The van der Waals surface area contributed by atoms with Gasteiger partial charge in [-0.2, -0.15) is 15.3 Å². The fourth-order valence-corrected chi connectivity index (χ4v) is 6.89. The van der Waals surface area contributed by atoms with Crippen molar-refractivity contribution in [2.75, 3.05) is 54.9 Å². The molecular weight excluding hydrogens is 1270 g/mol. The van der Waals surface area contributed by atoms with Crippen LogP contribution in [0.2, 0.25) is 0 Å². The van der Waals surface area contributed by atoms with Crippen molar-refractivity contribution in [3.63, 3.8) is 0 Å². The van der Waals surface area contributed by atoms with E-state index in [1.165, 1.54) is 30.3 Å². The van der Waals surface area contributed by atoms with E-state index in [1.54, 1.807) is 105 Å². The highest BCUT2D eigenvalue weighted by atomic mass is 35.5. The Morgan fingerprint density at radius 2 is 0.945 bits per heavy atom. The minimum atomic E-state index is -1.06. The Morgan fingerprint density at radius 1 is 0.582 bits per heavy atom. The van der Waals surface area contributed by atoms with Gasteiger partial charge < -0.3 is 49.0 Å². The first kappa shape index (κ1) is 82.0. The summed E-state index contributed by atoms with van der Waals surface area (Å²) in [5.74, 6) is 7.29. The summed E-state index contributed by atoms with van der Waals surface area (Å²) in [6.45, 7) is 18.9. The van der Waals surface area contributed by atoms with E-state index in [4.69, 9.17) is 36.8 Å². The second-order valence-electron chi connectivity index (χ2n) is 21.3. The van der Waals surface area contributed by atoms with Gasteiger partial charge in [0.25, 0.3) is 11.8 Å². The number of nitrogens with one attached hydrogen (secondary N) is 5. The van der Waals surface area contributed by atoms with Crippen LogP contribution < -0.4 is 16.6 Å². The lowest BCUT2D eigenvalue weighted by Crippen LogP contribution is -2.43. The van der Waals surface area contributed by atoms with Gasteiger partial charge in [-0.15, -0.1) is 36.2 Å². The Bertz CT molecular complexity index is 3240. The van der Waals surface area contributed by atoms with Crippen molar-refractivity contribution in [3.05, 3.63) is 113 Å². The monoisotopic (exact) mass is 1350 g/mol.